The molecule has 0 aromatic carbocycles. The zero-order valence-corrected chi connectivity index (χ0v) is 6.72. The molecule has 0 unspecified atom stereocenters. The van der Waals surface area contributed by atoms with Crippen molar-refractivity contribution in [2.45, 2.75) is 12.8 Å². The molecule has 11 heavy (non-hydrogen) atoms. The van der Waals surface area contributed by atoms with Crippen molar-refractivity contribution in [3.63, 3.8) is 0 Å². The normalized spacial score (nSPS) is 24.6. The minimum absolute atomic E-state index is 0.0142. The van der Waals surface area contributed by atoms with Crippen molar-refractivity contribution in [3.8, 4) is 0 Å². The summed E-state index contributed by atoms with van der Waals surface area (Å²) in [7, 11) is 1.45. The van der Waals surface area contributed by atoms with E-state index in [0.717, 1.165) is 25.9 Å². The fourth-order valence-electron chi connectivity index (χ4n) is 1.26. The van der Waals surface area contributed by atoms with Crippen LogP contribution in [-0.4, -0.2) is 26.1 Å². The predicted molar refractivity (Wildman–Crippen MR) is 40.7 cm³/mol. The van der Waals surface area contributed by atoms with Crippen molar-refractivity contribution in [3.05, 3.63) is 0 Å². The highest BCUT2D eigenvalue weighted by molar-refractivity contribution is 5.77. The highest BCUT2D eigenvalue weighted by atomic mass is 16.6. The molecule has 0 aromatic rings. The van der Waals surface area contributed by atoms with Gasteiger partial charge in [-0.2, -0.15) is 0 Å². The Morgan fingerprint density at radius 3 is 3.09 bits per heavy atom. The Morgan fingerprint density at radius 2 is 2.55 bits per heavy atom. The van der Waals surface area contributed by atoms with Gasteiger partial charge >= 0.3 is 0 Å². The van der Waals surface area contributed by atoms with E-state index in [1.165, 1.54) is 7.11 Å². The van der Waals surface area contributed by atoms with Gasteiger partial charge in [-0.05, 0) is 19.4 Å². The smallest absolute Gasteiger partial charge is 0.247 e. The second kappa shape index (κ2) is 4.31. The van der Waals surface area contributed by atoms with Crippen LogP contribution < -0.4 is 10.8 Å². The summed E-state index contributed by atoms with van der Waals surface area (Å²) in [5.41, 5.74) is 2.34. The first-order chi connectivity index (χ1) is 5.34. The fraction of sp³-hybridized carbons (Fsp3) is 0.857. The maximum atomic E-state index is 11.1. The van der Waals surface area contributed by atoms with E-state index in [9.17, 15) is 4.79 Å². The van der Waals surface area contributed by atoms with Crippen molar-refractivity contribution in [1.82, 2.24) is 10.8 Å². The van der Waals surface area contributed by atoms with E-state index in [2.05, 4.69) is 15.6 Å². The molecule has 1 rings (SSSR count). The minimum Gasteiger partial charge on any atom is -0.316 e. The van der Waals surface area contributed by atoms with Crippen molar-refractivity contribution < 1.29 is 9.63 Å². The molecule has 0 spiro atoms. The summed E-state index contributed by atoms with van der Waals surface area (Å²) < 4.78 is 0. The lowest BCUT2D eigenvalue weighted by Gasteiger charge is -2.20. The number of amides is 1. The molecule has 0 radical (unpaired) electrons. The van der Waals surface area contributed by atoms with Gasteiger partial charge < -0.3 is 5.32 Å². The monoisotopic (exact) mass is 158 g/mol. The molecule has 0 aliphatic carbocycles. The van der Waals surface area contributed by atoms with Gasteiger partial charge in [0.15, 0.2) is 0 Å². The molecule has 1 amide bonds. The van der Waals surface area contributed by atoms with Crippen LogP contribution in [0.3, 0.4) is 0 Å². The number of carbonyl (C=O) groups is 1. The van der Waals surface area contributed by atoms with Gasteiger partial charge in [0.25, 0.3) is 0 Å². The SMILES string of the molecule is CONC(=O)[C@@H]1CCCNC1. The van der Waals surface area contributed by atoms with Crippen LogP contribution in [-0.2, 0) is 9.63 Å². The van der Waals surface area contributed by atoms with Crippen LogP contribution in [0.25, 0.3) is 0 Å². The second-order valence-electron chi connectivity index (χ2n) is 2.71. The molecule has 0 bridgehead atoms. The predicted octanol–water partition coefficient (Wildman–Crippen LogP) is -0.336. The molecule has 1 aliphatic rings. The maximum absolute atomic E-state index is 11.1. The summed E-state index contributed by atoms with van der Waals surface area (Å²) in [6.45, 7) is 1.80. The van der Waals surface area contributed by atoms with E-state index in [0.29, 0.717) is 0 Å². The first-order valence-corrected chi connectivity index (χ1v) is 3.88. The molecule has 2 N–H and O–H groups in total. The topological polar surface area (TPSA) is 50.4 Å². The van der Waals surface area contributed by atoms with Crippen LogP contribution in [0.15, 0.2) is 0 Å². The Bertz CT molecular complexity index is 132. The number of hydrogen-bond acceptors (Lipinski definition) is 3. The van der Waals surface area contributed by atoms with Gasteiger partial charge in [0.05, 0.1) is 13.0 Å². The molecule has 4 nitrogen and oxygen atoms in total. The largest absolute Gasteiger partial charge is 0.316 e. The van der Waals surface area contributed by atoms with Crippen molar-refractivity contribution in [2.24, 2.45) is 5.92 Å². The van der Waals surface area contributed by atoms with Crippen LogP contribution in [0.4, 0.5) is 0 Å². The lowest BCUT2D eigenvalue weighted by atomic mass is 9.99. The van der Waals surface area contributed by atoms with E-state index >= 15 is 0 Å². The van der Waals surface area contributed by atoms with Crippen LogP contribution in [0, 0.1) is 5.92 Å². The van der Waals surface area contributed by atoms with Crippen LogP contribution in [0.5, 0.6) is 0 Å². The van der Waals surface area contributed by atoms with E-state index in [1.54, 1.807) is 0 Å². The summed E-state index contributed by atoms with van der Waals surface area (Å²) in [6, 6.07) is 0. The molecule has 4 heteroatoms. The maximum Gasteiger partial charge on any atom is 0.247 e. The first kappa shape index (κ1) is 8.49. The van der Waals surface area contributed by atoms with Crippen molar-refractivity contribution >= 4 is 5.91 Å². The molecule has 1 aliphatic heterocycles. The summed E-state index contributed by atoms with van der Waals surface area (Å²) in [6.07, 6.45) is 2.03. The summed E-state index contributed by atoms with van der Waals surface area (Å²) in [5, 5.41) is 3.16. The van der Waals surface area contributed by atoms with Gasteiger partial charge in [0.1, 0.15) is 0 Å². The summed E-state index contributed by atoms with van der Waals surface area (Å²) in [4.78, 5) is 15.7. The third-order valence-electron chi connectivity index (χ3n) is 1.87. The first-order valence-electron chi connectivity index (χ1n) is 3.88. The molecule has 0 saturated carbocycles. The Morgan fingerprint density at radius 1 is 1.73 bits per heavy atom. The Hall–Kier alpha value is -0.610. The van der Waals surface area contributed by atoms with E-state index in [4.69, 9.17) is 0 Å². The third-order valence-corrected chi connectivity index (χ3v) is 1.87. The highest BCUT2D eigenvalue weighted by Crippen LogP contribution is 2.09. The Kier molecular flexibility index (Phi) is 3.32. The lowest BCUT2D eigenvalue weighted by molar-refractivity contribution is -0.136. The Balaban J connectivity index is 2.27. The highest BCUT2D eigenvalue weighted by Gasteiger charge is 2.20. The number of nitrogens with one attached hydrogen (secondary N) is 2. The van der Waals surface area contributed by atoms with Gasteiger partial charge in [-0.1, -0.05) is 0 Å². The summed E-state index contributed by atoms with van der Waals surface area (Å²) in [5.74, 6) is 0.0726. The fourth-order valence-corrected chi connectivity index (χ4v) is 1.26. The summed E-state index contributed by atoms with van der Waals surface area (Å²) >= 11 is 0. The molecule has 1 fully saturated rings. The standard InChI is InChI=1S/C7H14N2O2/c1-11-9-7(10)6-3-2-4-8-5-6/h6,8H,2-5H2,1H3,(H,9,10)/t6-/m1/s1. The minimum atomic E-state index is -0.0142. The van der Waals surface area contributed by atoms with Crippen molar-refractivity contribution in [1.29, 1.82) is 0 Å². The number of hydroxylamine groups is 1. The van der Waals surface area contributed by atoms with Crippen LogP contribution in [0.1, 0.15) is 12.8 Å². The van der Waals surface area contributed by atoms with E-state index in [1.807, 2.05) is 0 Å². The quantitative estimate of drug-likeness (QED) is 0.541. The number of piperidine rings is 1. The molecular weight excluding hydrogens is 144 g/mol. The zero-order chi connectivity index (χ0) is 8.10. The second-order valence-corrected chi connectivity index (χ2v) is 2.71. The Labute approximate surface area is 66.3 Å². The van der Waals surface area contributed by atoms with Gasteiger partial charge in [-0.25, -0.2) is 5.48 Å². The van der Waals surface area contributed by atoms with E-state index in [-0.39, 0.29) is 11.8 Å². The average molecular weight is 158 g/mol. The number of carbonyl (C=O) groups excluding carboxylic acids is 1. The third kappa shape index (κ3) is 2.48. The zero-order valence-electron chi connectivity index (χ0n) is 6.72. The van der Waals surface area contributed by atoms with Gasteiger partial charge in [0.2, 0.25) is 5.91 Å². The molecule has 1 saturated heterocycles. The average Bonchev–Trinajstić information content (AvgIpc) is 2.07. The van der Waals surface area contributed by atoms with E-state index < -0.39 is 0 Å². The molecule has 64 valence electrons. The molecule has 0 aromatic heterocycles. The van der Waals surface area contributed by atoms with Gasteiger partial charge in [-0.3, -0.25) is 9.63 Å². The lowest BCUT2D eigenvalue weighted by Crippen LogP contribution is -2.40. The van der Waals surface area contributed by atoms with Gasteiger partial charge in [-0.15, -0.1) is 0 Å². The van der Waals surface area contributed by atoms with Crippen LogP contribution in [0.2, 0.25) is 0 Å². The van der Waals surface area contributed by atoms with Gasteiger partial charge in [0, 0.05) is 6.54 Å². The number of rotatable bonds is 2. The van der Waals surface area contributed by atoms with Crippen molar-refractivity contribution in [2.75, 3.05) is 20.2 Å². The number of hydrogen-bond donors (Lipinski definition) is 2. The molecular formula is C7H14N2O2. The van der Waals surface area contributed by atoms with Crippen LogP contribution >= 0.6 is 0 Å². The molecule has 1 heterocycles. The molecule has 1 atom stereocenters.